The highest BCUT2D eigenvalue weighted by molar-refractivity contribution is 5.69. The first kappa shape index (κ1) is 17.9. The van der Waals surface area contributed by atoms with Gasteiger partial charge >= 0.3 is 5.97 Å². The summed E-state index contributed by atoms with van der Waals surface area (Å²) in [6.45, 7) is 6.07. The third-order valence-corrected chi connectivity index (χ3v) is 3.00. The van der Waals surface area contributed by atoms with Crippen LogP contribution >= 0.6 is 0 Å². The second kappa shape index (κ2) is 15.0. The van der Waals surface area contributed by atoms with Crippen LogP contribution in [0, 0.1) is 0 Å². The lowest BCUT2D eigenvalue weighted by Crippen LogP contribution is -2.03. The van der Waals surface area contributed by atoms with E-state index in [0.29, 0.717) is 13.0 Å². The number of esters is 1. The Bertz CT molecular complexity index is 244. The van der Waals surface area contributed by atoms with Crippen LogP contribution in [0.3, 0.4) is 0 Å². The van der Waals surface area contributed by atoms with Gasteiger partial charge in [0.05, 0.1) is 0 Å². The maximum atomic E-state index is 11.2. The number of rotatable bonds is 13. The molecule has 0 fully saturated rings. The Morgan fingerprint density at radius 3 is 2.32 bits per heavy atom. The molecule has 2 nitrogen and oxygen atoms in total. The molecule has 0 aromatic rings. The molecule has 0 N–H and O–H groups in total. The van der Waals surface area contributed by atoms with Gasteiger partial charge in [-0.25, -0.2) is 0 Å². The zero-order valence-corrected chi connectivity index (χ0v) is 12.5. The van der Waals surface area contributed by atoms with Crippen LogP contribution in [0.5, 0.6) is 0 Å². The van der Waals surface area contributed by atoms with Gasteiger partial charge in [-0.1, -0.05) is 63.8 Å². The van der Waals surface area contributed by atoms with E-state index in [4.69, 9.17) is 4.74 Å². The van der Waals surface area contributed by atoms with Crippen molar-refractivity contribution in [2.75, 3.05) is 6.61 Å². The summed E-state index contributed by atoms with van der Waals surface area (Å²) in [7, 11) is 0. The van der Waals surface area contributed by atoms with Gasteiger partial charge in [0.2, 0.25) is 0 Å². The number of ether oxygens (including phenoxy) is 1. The molecule has 19 heavy (non-hydrogen) atoms. The van der Waals surface area contributed by atoms with Crippen LogP contribution in [0.2, 0.25) is 0 Å². The van der Waals surface area contributed by atoms with E-state index in [1.165, 1.54) is 44.9 Å². The van der Waals surface area contributed by atoms with E-state index in [-0.39, 0.29) is 5.97 Å². The Hall–Kier alpha value is -1.05. The van der Waals surface area contributed by atoms with Crippen molar-refractivity contribution in [2.24, 2.45) is 0 Å². The van der Waals surface area contributed by atoms with Gasteiger partial charge in [0.1, 0.15) is 6.61 Å². The minimum absolute atomic E-state index is 0.0984. The van der Waals surface area contributed by atoms with E-state index in [0.717, 1.165) is 12.8 Å². The van der Waals surface area contributed by atoms with Crippen molar-refractivity contribution in [1.29, 1.82) is 0 Å². The van der Waals surface area contributed by atoms with Gasteiger partial charge in [0.25, 0.3) is 0 Å². The third-order valence-electron chi connectivity index (χ3n) is 3.00. The molecule has 0 unspecified atom stereocenters. The Balaban J connectivity index is 3.16. The standard InChI is InChI=1S/C17H30O2/c1-3-5-6-7-8-9-10-11-12-13-14-15-17(18)19-16-4-2/h4,7-8H,2-3,5-6,9-16H2,1H3. The average Bonchev–Trinajstić information content (AvgIpc) is 2.42. The molecule has 0 aliphatic heterocycles. The van der Waals surface area contributed by atoms with Crippen molar-refractivity contribution in [3.63, 3.8) is 0 Å². The molecular weight excluding hydrogens is 236 g/mol. The molecule has 0 saturated heterocycles. The molecule has 110 valence electrons. The lowest BCUT2D eigenvalue weighted by molar-refractivity contribution is -0.142. The molecule has 0 atom stereocenters. The highest BCUT2D eigenvalue weighted by atomic mass is 16.5. The second-order valence-corrected chi connectivity index (χ2v) is 4.89. The second-order valence-electron chi connectivity index (χ2n) is 4.89. The molecule has 2 heteroatoms. The molecule has 0 heterocycles. The number of carbonyl (C=O) groups is 1. The monoisotopic (exact) mass is 266 g/mol. The number of hydrogen-bond acceptors (Lipinski definition) is 2. The molecule has 0 bridgehead atoms. The van der Waals surface area contributed by atoms with E-state index < -0.39 is 0 Å². The first-order chi connectivity index (χ1) is 9.31. The van der Waals surface area contributed by atoms with Crippen LogP contribution in [-0.4, -0.2) is 12.6 Å². The van der Waals surface area contributed by atoms with E-state index in [9.17, 15) is 4.79 Å². The van der Waals surface area contributed by atoms with Crippen molar-refractivity contribution in [1.82, 2.24) is 0 Å². The van der Waals surface area contributed by atoms with E-state index in [1.54, 1.807) is 6.08 Å². The summed E-state index contributed by atoms with van der Waals surface area (Å²) in [6.07, 6.45) is 17.6. The summed E-state index contributed by atoms with van der Waals surface area (Å²) in [6, 6.07) is 0. The van der Waals surface area contributed by atoms with Gasteiger partial charge in [0.15, 0.2) is 0 Å². The van der Waals surface area contributed by atoms with Gasteiger partial charge < -0.3 is 4.74 Å². The molecule has 0 aliphatic carbocycles. The Morgan fingerprint density at radius 2 is 1.63 bits per heavy atom. The fraction of sp³-hybridized carbons (Fsp3) is 0.706. The molecule has 0 radical (unpaired) electrons. The van der Waals surface area contributed by atoms with Crippen molar-refractivity contribution >= 4 is 5.97 Å². The normalized spacial score (nSPS) is 10.8. The Kier molecular flexibility index (Phi) is 14.2. The number of hydrogen-bond donors (Lipinski definition) is 0. The molecule has 0 aliphatic rings. The quantitative estimate of drug-likeness (QED) is 0.260. The molecule has 0 saturated carbocycles. The number of carbonyl (C=O) groups excluding carboxylic acids is 1. The summed E-state index contributed by atoms with van der Waals surface area (Å²) >= 11 is 0. The third kappa shape index (κ3) is 14.9. The minimum atomic E-state index is -0.0984. The number of allylic oxidation sites excluding steroid dienone is 2. The largest absolute Gasteiger partial charge is 0.461 e. The maximum absolute atomic E-state index is 11.2. The summed E-state index contributed by atoms with van der Waals surface area (Å²) in [4.78, 5) is 11.2. The predicted molar refractivity (Wildman–Crippen MR) is 82.1 cm³/mol. The van der Waals surface area contributed by atoms with Gasteiger partial charge in [-0.3, -0.25) is 4.79 Å². The summed E-state index contributed by atoms with van der Waals surface area (Å²) in [5.41, 5.74) is 0. The lowest BCUT2D eigenvalue weighted by atomic mass is 10.1. The minimum Gasteiger partial charge on any atom is -0.461 e. The first-order valence-electron chi connectivity index (χ1n) is 7.72. The van der Waals surface area contributed by atoms with Crippen molar-refractivity contribution in [3.8, 4) is 0 Å². The SMILES string of the molecule is C=CCOC(=O)CCCCCCCC=CCCCC. The van der Waals surface area contributed by atoms with E-state index in [1.807, 2.05) is 0 Å². The van der Waals surface area contributed by atoms with Crippen LogP contribution in [-0.2, 0) is 9.53 Å². The van der Waals surface area contributed by atoms with Gasteiger partial charge in [-0.05, 0) is 25.7 Å². The highest BCUT2D eigenvalue weighted by Crippen LogP contribution is 2.08. The summed E-state index contributed by atoms with van der Waals surface area (Å²) in [5, 5.41) is 0. The van der Waals surface area contributed by atoms with Gasteiger partial charge in [0, 0.05) is 6.42 Å². The van der Waals surface area contributed by atoms with Crippen molar-refractivity contribution < 1.29 is 9.53 Å². The highest BCUT2D eigenvalue weighted by Gasteiger charge is 2.00. The zero-order chi connectivity index (χ0) is 14.2. The van der Waals surface area contributed by atoms with Gasteiger partial charge in [-0.15, -0.1) is 0 Å². The fourth-order valence-electron chi connectivity index (χ4n) is 1.84. The van der Waals surface area contributed by atoms with Gasteiger partial charge in [-0.2, -0.15) is 0 Å². The molecule has 0 aromatic carbocycles. The molecule has 0 rings (SSSR count). The smallest absolute Gasteiger partial charge is 0.306 e. The topological polar surface area (TPSA) is 26.3 Å². The average molecular weight is 266 g/mol. The Morgan fingerprint density at radius 1 is 1.00 bits per heavy atom. The molecular formula is C17H30O2. The van der Waals surface area contributed by atoms with Crippen LogP contribution in [0.25, 0.3) is 0 Å². The molecule has 0 aromatic heterocycles. The maximum Gasteiger partial charge on any atom is 0.306 e. The van der Waals surface area contributed by atoms with Crippen molar-refractivity contribution in [2.45, 2.75) is 71.1 Å². The van der Waals surface area contributed by atoms with E-state index in [2.05, 4.69) is 25.7 Å². The van der Waals surface area contributed by atoms with Crippen LogP contribution in [0.4, 0.5) is 0 Å². The van der Waals surface area contributed by atoms with E-state index >= 15 is 0 Å². The van der Waals surface area contributed by atoms with Crippen molar-refractivity contribution in [3.05, 3.63) is 24.8 Å². The Labute approximate surface area is 118 Å². The predicted octanol–water partition coefficient (Wildman–Crippen LogP) is 5.19. The fourth-order valence-corrected chi connectivity index (χ4v) is 1.84. The summed E-state index contributed by atoms with van der Waals surface area (Å²) < 4.78 is 4.92. The molecule has 0 amide bonds. The summed E-state index contributed by atoms with van der Waals surface area (Å²) in [5.74, 6) is -0.0984. The number of unbranched alkanes of at least 4 members (excludes halogenated alkanes) is 7. The first-order valence-corrected chi connectivity index (χ1v) is 7.72. The zero-order valence-electron chi connectivity index (χ0n) is 12.5. The van der Waals surface area contributed by atoms with Crippen LogP contribution < -0.4 is 0 Å². The molecule has 0 spiro atoms. The van der Waals surface area contributed by atoms with Crippen LogP contribution in [0.15, 0.2) is 24.8 Å². The van der Waals surface area contributed by atoms with Crippen LogP contribution in [0.1, 0.15) is 71.1 Å². The lowest BCUT2D eigenvalue weighted by Gasteiger charge is -2.02.